The first-order valence-electron chi connectivity index (χ1n) is 8.54. The second-order valence-electron chi connectivity index (χ2n) is 6.06. The van der Waals surface area contributed by atoms with Crippen LogP contribution in [0, 0.1) is 0 Å². The van der Waals surface area contributed by atoms with Gasteiger partial charge in [-0.3, -0.25) is 4.79 Å². The Labute approximate surface area is 165 Å². The zero-order chi connectivity index (χ0) is 19.6. The number of para-hydroxylation sites is 1. The summed E-state index contributed by atoms with van der Waals surface area (Å²) in [6, 6.07) is 19.3. The Balaban J connectivity index is 1.67. The Morgan fingerprint density at radius 2 is 1.64 bits per heavy atom. The zero-order valence-corrected chi connectivity index (χ0v) is 16.3. The van der Waals surface area contributed by atoms with Crippen LogP contribution in [0.3, 0.4) is 0 Å². The highest BCUT2D eigenvalue weighted by atomic mass is 32.2. The van der Waals surface area contributed by atoms with E-state index < -0.39 is 10.1 Å². The van der Waals surface area contributed by atoms with Crippen molar-refractivity contribution in [2.24, 2.45) is 0 Å². The molecule has 0 saturated heterocycles. The minimum atomic E-state index is -3.87. The summed E-state index contributed by atoms with van der Waals surface area (Å²) < 4.78 is 30.9. The summed E-state index contributed by atoms with van der Waals surface area (Å²) in [7, 11) is -3.87. The maximum Gasteiger partial charge on any atom is 0.311 e. The van der Waals surface area contributed by atoms with E-state index in [1.165, 1.54) is 16.0 Å². The third kappa shape index (κ3) is 3.83. The van der Waals surface area contributed by atoms with Crippen LogP contribution in [0.1, 0.15) is 0 Å². The number of benzene rings is 2. The predicted octanol–water partition coefficient (Wildman–Crippen LogP) is 3.53. The van der Waals surface area contributed by atoms with Crippen molar-refractivity contribution in [2.75, 3.05) is 5.75 Å². The van der Waals surface area contributed by atoms with Gasteiger partial charge in [0, 0.05) is 5.39 Å². The third-order valence-electron chi connectivity index (χ3n) is 4.14. The number of rotatable bonds is 6. The van der Waals surface area contributed by atoms with Crippen LogP contribution in [0.25, 0.3) is 21.3 Å². The van der Waals surface area contributed by atoms with E-state index in [0.717, 1.165) is 10.3 Å². The van der Waals surface area contributed by atoms with Crippen molar-refractivity contribution in [3.8, 4) is 16.3 Å². The van der Waals surface area contributed by atoms with Gasteiger partial charge in [-0.15, -0.1) is 11.3 Å². The van der Waals surface area contributed by atoms with Gasteiger partial charge in [0.15, 0.2) is 0 Å². The molecule has 0 radical (unpaired) electrons. The summed E-state index contributed by atoms with van der Waals surface area (Å²) in [6.45, 7) is -0.1000. The van der Waals surface area contributed by atoms with Crippen LogP contribution in [0.15, 0.2) is 76.9 Å². The molecule has 0 N–H and O–H groups in total. The maximum absolute atomic E-state index is 12.8. The first kappa shape index (κ1) is 18.4. The SMILES string of the molecule is O=c1c2ccccc2c(-c2cccs2)nn1CCS(=O)(=O)Oc1ccccc1. The highest BCUT2D eigenvalue weighted by molar-refractivity contribution is 7.87. The molecule has 0 spiro atoms. The lowest BCUT2D eigenvalue weighted by molar-refractivity contribution is 0.477. The van der Waals surface area contributed by atoms with Gasteiger partial charge in [0.25, 0.3) is 5.56 Å². The fraction of sp³-hybridized carbons (Fsp3) is 0.100. The molecule has 8 heteroatoms. The van der Waals surface area contributed by atoms with E-state index in [1.807, 2.05) is 29.6 Å². The Morgan fingerprint density at radius 3 is 2.36 bits per heavy atom. The van der Waals surface area contributed by atoms with Gasteiger partial charge in [-0.25, -0.2) is 4.68 Å². The molecule has 0 atom stereocenters. The maximum atomic E-state index is 12.8. The number of fused-ring (bicyclic) bond motifs is 1. The van der Waals surface area contributed by atoms with Crippen molar-refractivity contribution in [3.05, 3.63) is 82.5 Å². The fourth-order valence-corrected chi connectivity index (χ4v) is 4.45. The molecule has 2 aromatic carbocycles. The minimum absolute atomic E-state index is 0.1000. The van der Waals surface area contributed by atoms with Gasteiger partial charge < -0.3 is 4.18 Å². The van der Waals surface area contributed by atoms with Crippen LogP contribution in [0.5, 0.6) is 5.75 Å². The molecular weight excluding hydrogens is 396 g/mol. The highest BCUT2D eigenvalue weighted by Crippen LogP contribution is 2.28. The quantitative estimate of drug-likeness (QED) is 0.453. The molecule has 2 aromatic heterocycles. The lowest BCUT2D eigenvalue weighted by Gasteiger charge is -2.11. The molecule has 0 amide bonds. The molecule has 6 nitrogen and oxygen atoms in total. The number of hydrogen-bond donors (Lipinski definition) is 0. The van der Waals surface area contributed by atoms with Gasteiger partial charge >= 0.3 is 10.1 Å². The van der Waals surface area contributed by atoms with E-state index in [-0.39, 0.29) is 23.6 Å². The molecule has 0 aliphatic heterocycles. The van der Waals surface area contributed by atoms with Crippen LogP contribution in [-0.4, -0.2) is 24.0 Å². The predicted molar refractivity (Wildman–Crippen MR) is 110 cm³/mol. The molecule has 0 bridgehead atoms. The Kier molecular flexibility index (Phi) is 4.97. The van der Waals surface area contributed by atoms with Gasteiger partial charge in [-0.05, 0) is 29.6 Å². The first-order valence-corrected chi connectivity index (χ1v) is 11.0. The Hall–Kier alpha value is -2.97. The van der Waals surface area contributed by atoms with Crippen LogP contribution < -0.4 is 9.74 Å². The van der Waals surface area contributed by atoms with Crippen molar-refractivity contribution >= 4 is 32.2 Å². The smallest absolute Gasteiger partial charge is 0.311 e. The summed E-state index contributed by atoms with van der Waals surface area (Å²) in [5.74, 6) is -0.127. The van der Waals surface area contributed by atoms with Crippen molar-refractivity contribution in [1.29, 1.82) is 0 Å². The molecule has 0 unspecified atom stereocenters. The zero-order valence-electron chi connectivity index (χ0n) is 14.7. The molecule has 0 aliphatic rings. The fourth-order valence-electron chi connectivity index (χ4n) is 2.84. The minimum Gasteiger partial charge on any atom is -0.382 e. The summed E-state index contributed by atoms with van der Waals surface area (Å²) in [4.78, 5) is 13.7. The largest absolute Gasteiger partial charge is 0.382 e. The molecule has 142 valence electrons. The topological polar surface area (TPSA) is 78.3 Å². The lowest BCUT2D eigenvalue weighted by Crippen LogP contribution is -2.28. The molecule has 28 heavy (non-hydrogen) atoms. The molecule has 0 fully saturated rings. The van der Waals surface area contributed by atoms with Crippen molar-refractivity contribution in [3.63, 3.8) is 0 Å². The second-order valence-corrected chi connectivity index (χ2v) is 8.70. The van der Waals surface area contributed by atoms with Gasteiger partial charge in [-0.1, -0.05) is 42.5 Å². The summed E-state index contributed by atoms with van der Waals surface area (Å²) in [5, 5.41) is 7.62. The molecule has 4 rings (SSSR count). The molecule has 0 saturated carbocycles. The monoisotopic (exact) mass is 412 g/mol. The lowest BCUT2D eigenvalue weighted by atomic mass is 10.1. The average Bonchev–Trinajstić information content (AvgIpc) is 3.23. The standard InChI is InChI=1S/C20H16N2O4S2/c23-20-17-10-5-4-9-16(17)19(18-11-6-13-27-18)21-22(20)12-14-28(24,25)26-15-7-2-1-3-8-15/h1-11,13H,12,14H2. The van der Waals surface area contributed by atoms with Crippen molar-refractivity contribution < 1.29 is 12.6 Å². The molecule has 2 heterocycles. The molecular formula is C20H16N2O4S2. The van der Waals surface area contributed by atoms with Gasteiger partial charge in [0.2, 0.25) is 0 Å². The van der Waals surface area contributed by atoms with E-state index in [0.29, 0.717) is 11.1 Å². The molecule has 0 aliphatic carbocycles. The number of hydrogen-bond acceptors (Lipinski definition) is 6. The number of nitrogens with zero attached hydrogens (tertiary/aromatic N) is 2. The summed E-state index contributed by atoms with van der Waals surface area (Å²) >= 11 is 1.51. The van der Waals surface area contributed by atoms with E-state index in [9.17, 15) is 13.2 Å². The van der Waals surface area contributed by atoms with Crippen LogP contribution in [-0.2, 0) is 16.7 Å². The third-order valence-corrected chi connectivity index (χ3v) is 6.15. The Morgan fingerprint density at radius 1 is 0.929 bits per heavy atom. The van der Waals surface area contributed by atoms with Crippen LogP contribution in [0.4, 0.5) is 0 Å². The average molecular weight is 412 g/mol. The normalized spacial score (nSPS) is 11.6. The van der Waals surface area contributed by atoms with E-state index in [2.05, 4.69) is 5.10 Å². The second kappa shape index (κ2) is 7.57. The van der Waals surface area contributed by atoms with E-state index >= 15 is 0 Å². The van der Waals surface area contributed by atoms with Gasteiger partial charge in [0.1, 0.15) is 17.2 Å². The highest BCUT2D eigenvalue weighted by Gasteiger charge is 2.17. The first-order chi connectivity index (χ1) is 13.5. The number of aromatic nitrogens is 2. The van der Waals surface area contributed by atoms with Gasteiger partial charge in [0.05, 0.1) is 16.8 Å². The van der Waals surface area contributed by atoms with Crippen molar-refractivity contribution in [2.45, 2.75) is 6.54 Å². The van der Waals surface area contributed by atoms with Crippen molar-refractivity contribution in [1.82, 2.24) is 9.78 Å². The van der Waals surface area contributed by atoms with Crippen LogP contribution in [0.2, 0.25) is 0 Å². The summed E-state index contributed by atoms with van der Waals surface area (Å²) in [6.07, 6.45) is 0. The van der Waals surface area contributed by atoms with E-state index in [4.69, 9.17) is 4.18 Å². The number of thiophene rings is 1. The molecule has 4 aromatic rings. The Bertz CT molecular complexity index is 1260. The summed E-state index contributed by atoms with van der Waals surface area (Å²) in [5.41, 5.74) is 0.331. The van der Waals surface area contributed by atoms with E-state index in [1.54, 1.807) is 42.5 Å². The van der Waals surface area contributed by atoms with Crippen LogP contribution >= 0.6 is 11.3 Å². The number of aryl methyl sites for hydroxylation is 1. The van der Waals surface area contributed by atoms with Gasteiger partial charge in [-0.2, -0.15) is 13.5 Å².